The summed E-state index contributed by atoms with van der Waals surface area (Å²) in [7, 11) is 0. The predicted octanol–water partition coefficient (Wildman–Crippen LogP) is 3.64. The highest BCUT2D eigenvalue weighted by Crippen LogP contribution is 2.48. The second-order valence-electron chi connectivity index (χ2n) is 8.61. The van der Waals surface area contributed by atoms with E-state index < -0.39 is 0 Å². The van der Waals surface area contributed by atoms with Gasteiger partial charge in [0.15, 0.2) is 0 Å². The standard InChI is InChI=1S/C26H24N4O2/c1-27-30-16-20(17-30)24(31)28-15-19-8-3-5-11-22(19)25(32)29-26(13-14-26)23-12-6-9-18-7-2-4-10-21(18)23/h2-12,20H,13-17H2,(H,28,31)(H,29,32). The SMILES string of the molecule is [C-]#[N+]N1CC(C(=O)NCc2ccccc2C(=O)NC2(c3cccc4ccccc34)CC2)C1. The van der Waals surface area contributed by atoms with Crippen molar-refractivity contribution >= 4 is 22.6 Å². The van der Waals surface area contributed by atoms with Gasteiger partial charge in [-0.15, -0.1) is 5.01 Å². The first-order chi connectivity index (χ1) is 15.6. The van der Waals surface area contributed by atoms with Crippen molar-refractivity contribution in [2.45, 2.75) is 24.9 Å². The minimum atomic E-state index is -0.344. The van der Waals surface area contributed by atoms with Crippen LogP contribution in [0.5, 0.6) is 0 Å². The number of hydrogen-bond donors (Lipinski definition) is 2. The predicted molar refractivity (Wildman–Crippen MR) is 122 cm³/mol. The van der Waals surface area contributed by atoms with Gasteiger partial charge in [-0.1, -0.05) is 60.7 Å². The van der Waals surface area contributed by atoms with Crippen LogP contribution in [-0.4, -0.2) is 29.9 Å². The van der Waals surface area contributed by atoms with Crippen molar-refractivity contribution in [3.8, 4) is 0 Å². The molecule has 1 saturated carbocycles. The molecule has 2 amide bonds. The van der Waals surface area contributed by atoms with E-state index in [1.165, 1.54) is 15.8 Å². The van der Waals surface area contributed by atoms with E-state index in [0.29, 0.717) is 18.7 Å². The van der Waals surface area contributed by atoms with Gasteiger partial charge in [0.1, 0.15) is 0 Å². The first-order valence-electron chi connectivity index (χ1n) is 10.9. The van der Waals surface area contributed by atoms with Gasteiger partial charge in [-0.2, -0.15) is 11.5 Å². The Hall–Kier alpha value is -3.85. The Morgan fingerprint density at radius 1 is 1.00 bits per heavy atom. The summed E-state index contributed by atoms with van der Waals surface area (Å²) in [6, 6.07) is 21.9. The number of nitrogens with one attached hydrogen (secondary N) is 2. The Kier molecular flexibility index (Phi) is 5.02. The second kappa shape index (κ2) is 8.01. The van der Waals surface area contributed by atoms with Crippen LogP contribution in [0.25, 0.3) is 15.7 Å². The summed E-state index contributed by atoms with van der Waals surface area (Å²) in [6.45, 7) is 8.18. The summed E-state index contributed by atoms with van der Waals surface area (Å²) >= 11 is 0. The van der Waals surface area contributed by atoms with Crippen LogP contribution in [0, 0.1) is 12.5 Å². The highest BCUT2D eigenvalue weighted by atomic mass is 16.2. The van der Waals surface area contributed by atoms with Crippen LogP contribution in [0.15, 0.2) is 66.7 Å². The molecular weight excluding hydrogens is 400 g/mol. The maximum atomic E-state index is 13.3. The van der Waals surface area contributed by atoms with Crippen molar-refractivity contribution in [3.05, 3.63) is 94.9 Å². The molecule has 0 aromatic heterocycles. The highest BCUT2D eigenvalue weighted by Gasteiger charge is 2.46. The molecular formula is C26H24N4O2. The molecule has 1 heterocycles. The van der Waals surface area contributed by atoms with Crippen LogP contribution < -0.4 is 10.6 Å². The number of benzene rings is 3. The van der Waals surface area contributed by atoms with Gasteiger partial charge in [0.2, 0.25) is 5.91 Å². The number of rotatable bonds is 6. The smallest absolute Gasteiger partial charge is 0.252 e. The van der Waals surface area contributed by atoms with E-state index in [2.05, 4.69) is 39.9 Å². The highest BCUT2D eigenvalue weighted by molar-refractivity contribution is 5.97. The molecule has 1 saturated heterocycles. The summed E-state index contributed by atoms with van der Waals surface area (Å²) in [5.41, 5.74) is 2.18. The summed E-state index contributed by atoms with van der Waals surface area (Å²) < 4.78 is 0. The van der Waals surface area contributed by atoms with Gasteiger partial charge in [-0.25, -0.2) is 0 Å². The second-order valence-corrected chi connectivity index (χ2v) is 8.61. The molecule has 0 bridgehead atoms. The molecule has 2 fully saturated rings. The van der Waals surface area contributed by atoms with Crippen LogP contribution in [0.2, 0.25) is 0 Å². The Labute approximate surface area is 187 Å². The third-order valence-electron chi connectivity index (χ3n) is 6.50. The molecule has 5 rings (SSSR count). The first kappa shape index (κ1) is 20.1. The molecule has 3 aromatic carbocycles. The van der Waals surface area contributed by atoms with E-state index in [1.807, 2.05) is 36.4 Å². The molecule has 0 radical (unpaired) electrons. The van der Waals surface area contributed by atoms with Crippen molar-refractivity contribution in [3.63, 3.8) is 0 Å². The molecule has 6 nitrogen and oxygen atoms in total. The average molecular weight is 425 g/mol. The van der Waals surface area contributed by atoms with E-state index in [1.54, 1.807) is 6.07 Å². The van der Waals surface area contributed by atoms with Gasteiger partial charge in [0.25, 0.3) is 5.91 Å². The fourth-order valence-corrected chi connectivity index (χ4v) is 4.44. The number of carbonyl (C=O) groups excluding carboxylic acids is 2. The molecule has 0 atom stereocenters. The summed E-state index contributed by atoms with van der Waals surface area (Å²) in [6.07, 6.45) is 1.82. The van der Waals surface area contributed by atoms with E-state index in [0.717, 1.165) is 24.0 Å². The Bertz CT molecular complexity index is 1230. The zero-order valence-corrected chi connectivity index (χ0v) is 17.7. The van der Waals surface area contributed by atoms with E-state index >= 15 is 0 Å². The van der Waals surface area contributed by atoms with Crippen molar-refractivity contribution in [2.24, 2.45) is 5.92 Å². The number of fused-ring (bicyclic) bond motifs is 1. The minimum Gasteiger partial charge on any atom is -0.352 e. The van der Waals surface area contributed by atoms with Gasteiger partial charge in [0.05, 0.1) is 24.5 Å². The number of carbonyl (C=O) groups is 2. The maximum Gasteiger partial charge on any atom is 0.252 e. The van der Waals surface area contributed by atoms with Gasteiger partial charge in [-0.3, -0.25) is 9.59 Å². The average Bonchev–Trinajstić information content (AvgIpc) is 3.57. The van der Waals surface area contributed by atoms with Gasteiger partial charge < -0.3 is 10.6 Å². The number of nitrogens with zero attached hydrogens (tertiary/aromatic N) is 2. The molecule has 1 aliphatic carbocycles. The molecule has 0 spiro atoms. The quantitative estimate of drug-likeness (QED) is 0.594. The monoisotopic (exact) mass is 424 g/mol. The van der Waals surface area contributed by atoms with Crippen molar-refractivity contribution in [1.29, 1.82) is 0 Å². The molecule has 2 aliphatic rings. The fraction of sp³-hybridized carbons (Fsp3) is 0.269. The molecule has 3 aromatic rings. The lowest BCUT2D eigenvalue weighted by molar-refractivity contribution is -0.129. The summed E-state index contributed by atoms with van der Waals surface area (Å²) in [5, 5.41) is 10.1. The third kappa shape index (κ3) is 3.67. The summed E-state index contributed by atoms with van der Waals surface area (Å²) in [4.78, 5) is 29.0. The Morgan fingerprint density at radius 2 is 1.72 bits per heavy atom. The number of hydrogen-bond acceptors (Lipinski definition) is 3. The molecule has 1 aliphatic heterocycles. The van der Waals surface area contributed by atoms with Crippen molar-refractivity contribution in [2.75, 3.05) is 13.1 Å². The summed E-state index contributed by atoms with van der Waals surface area (Å²) in [5.74, 6) is -0.358. The van der Waals surface area contributed by atoms with Gasteiger partial charge in [0, 0.05) is 12.1 Å². The largest absolute Gasteiger partial charge is 0.352 e. The van der Waals surface area contributed by atoms with Crippen molar-refractivity contribution in [1.82, 2.24) is 15.6 Å². The molecule has 2 N–H and O–H groups in total. The van der Waals surface area contributed by atoms with Gasteiger partial charge in [-0.05, 0) is 40.8 Å². The first-order valence-corrected chi connectivity index (χ1v) is 10.9. The zero-order valence-electron chi connectivity index (χ0n) is 17.7. The molecule has 0 unspecified atom stereocenters. The maximum absolute atomic E-state index is 13.3. The fourth-order valence-electron chi connectivity index (χ4n) is 4.44. The molecule has 32 heavy (non-hydrogen) atoms. The Balaban J connectivity index is 1.31. The van der Waals surface area contributed by atoms with Crippen molar-refractivity contribution < 1.29 is 9.59 Å². The van der Waals surface area contributed by atoms with Crippen LogP contribution in [-0.2, 0) is 16.9 Å². The topological polar surface area (TPSA) is 65.8 Å². The van der Waals surface area contributed by atoms with E-state index in [9.17, 15) is 9.59 Å². The van der Waals surface area contributed by atoms with Gasteiger partial charge >= 0.3 is 0 Å². The lowest BCUT2D eigenvalue weighted by Gasteiger charge is -2.28. The molecule has 6 heteroatoms. The molecule has 160 valence electrons. The van der Waals surface area contributed by atoms with Crippen LogP contribution in [0.1, 0.15) is 34.3 Å². The van der Waals surface area contributed by atoms with E-state index in [-0.39, 0.29) is 29.8 Å². The van der Waals surface area contributed by atoms with E-state index in [4.69, 9.17) is 6.57 Å². The van der Waals surface area contributed by atoms with Crippen LogP contribution in [0.3, 0.4) is 0 Å². The number of amides is 2. The lowest BCUT2D eigenvalue weighted by Crippen LogP contribution is -2.50. The Morgan fingerprint density at radius 3 is 2.50 bits per heavy atom. The third-order valence-corrected chi connectivity index (χ3v) is 6.50. The normalized spacial score (nSPS) is 16.7. The lowest BCUT2D eigenvalue weighted by atomic mass is 9.96. The minimum absolute atomic E-state index is 0.0745. The van der Waals surface area contributed by atoms with Crippen LogP contribution in [0.4, 0.5) is 0 Å². The zero-order chi connectivity index (χ0) is 22.1. The van der Waals surface area contributed by atoms with Crippen LogP contribution >= 0.6 is 0 Å².